The van der Waals surface area contributed by atoms with Crippen LogP contribution in [-0.4, -0.2) is 43.8 Å². The second kappa shape index (κ2) is 8.39. The van der Waals surface area contributed by atoms with Gasteiger partial charge in [0.05, 0.1) is 12.6 Å². The molecule has 0 saturated heterocycles. The maximum absolute atomic E-state index is 11.6. The van der Waals surface area contributed by atoms with Gasteiger partial charge in [-0.25, -0.2) is 4.79 Å². The first kappa shape index (κ1) is 15.2. The minimum absolute atomic E-state index is 0.0255. The maximum Gasteiger partial charge on any atom is 0.317 e. The summed E-state index contributed by atoms with van der Waals surface area (Å²) in [7, 11) is 1.81. The lowest BCUT2D eigenvalue weighted by Gasteiger charge is -2.21. The lowest BCUT2D eigenvalue weighted by Crippen LogP contribution is -2.44. The highest BCUT2D eigenvalue weighted by Gasteiger charge is 2.11. The van der Waals surface area contributed by atoms with E-state index in [2.05, 4.69) is 26.1 Å². The Balaban J connectivity index is 3.69. The molecule has 0 saturated carbocycles. The first-order chi connectivity index (χ1) is 7.47. The summed E-state index contributed by atoms with van der Waals surface area (Å²) in [6.45, 7) is 10.3. The summed E-state index contributed by atoms with van der Waals surface area (Å²) in [5.74, 6) is 0.533. The highest BCUT2D eigenvalue weighted by Crippen LogP contribution is 1.95. The van der Waals surface area contributed by atoms with Crippen molar-refractivity contribution in [1.82, 2.24) is 10.2 Å². The number of amides is 2. The van der Waals surface area contributed by atoms with Crippen LogP contribution in [0.15, 0.2) is 0 Å². The summed E-state index contributed by atoms with van der Waals surface area (Å²) in [4.78, 5) is 13.3. The number of carbonyl (C=O) groups is 1. The number of rotatable bonds is 7. The van der Waals surface area contributed by atoms with E-state index in [9.17, 15) is 4.79 Å². The molecule has 0 aromatic carbocycles. The number of hydrogen-bond acceptors (Lipinski definition) is 2. The zero-order valence-corrected chi connectivity index (χ0v) is 11.2. The summed E-state index contributed by atoms with van der Waals surface area (Å²) in [5.41, 5.74) is 0. The van der Waals surface area contributed by atoms with Crippen LogP contribution in [0.5, 0.6) is 0 Å². The van der Waals surface area contributed by atoms with Gasteiger partial charge < -0.3 is 15.0 Å². The van der Waals surface area contributed by atoms with Gasteiger partial charge in [0.2, 0.25) is 0 Å². The Morgan fingerprint density at radius 3 is 2.44 bits per heavy atom. The van der Waals surface area contributed by atoms with E-state index >= 15 is 0 Å². The van der Waals surface area contributed by atoms with Crippen molar-refractivity contribution in [2.75, 3.05) is 26.8 Å². The molecule has 0 aromatic rings. The topological polar surface area (TPSA) is 41.6 Å². The first-order valence-electron chi connectivity index (χ1n) is 6.06. The van der Waals surface area contributed by atoms with Crippen LogP contribution in [0.1, 0.15) is 34.1 Å². The Kier molecular flexibility index (Phi) is 7.99. The third kappa shape index (κ3) is 7.51. The Bertz CT molecular complexity index is 195. The van der Waals surface area contributed by atoms with Crippen LogP contribution in [-0.2, 0) is 4.74 Å². The summed E-state index contributed by atoms with van der Waals surface area (Å²) in [5, 5.41) is 2.90. The smallest absolute Gasteiger partial charge is 0.317 e. The quantitative estimate of drug-likeness (QED) is 0.727. The zero-order chi connectivity index (χ0) is 12.6. The highest BCUT2D eigenvalue weighted by atomic mass is 16.5. The molecular weight excluding hydrogens is 204 g/mol. The SMILES string of the molecule is CCCN(C)C(=O)N[C@H](C)COCC(C)C. The molecule has 0 bridgehead atoms. The molecular formula is C12H26N2O2. The van der Waals surface area contributed by atoms with Crippen LogP contribution in [0.2, 0.25) is 0 Å². The van der Waals surface area contributed by atoms with E-state index in [1.54, 1.807) is 11.9 Å². The molecule has 0 aliphatic rings. The van der Waals surface area contributed by atoms with Crippen molar-refractivity contribution in [2.24, 2.45) is 5.92 Å². The molecule has 4 heteroatoms. The molecule has 4 nitrogen and oxygen atoms in total. The third-order valence-corrected chi connectivity index (χ3v) is 2.09. The molecule has 0 aromatic heterocycles. The Labute approximate surface area is 99.3 Å². The molecule has 2 amide bonds. The van der Waals surface area contributed by atoms with Crippen LogP contribution >= 0.6 is 0 Å². The molecule has 1 N–H and O–H groups in total. The Morgan fingerprint density at radius 2 is 1.94 bits per heavy atom. The molecule has 0 rings (SSSR count). The summed E-state index contributed by atoms with van der Waals surface area (Å²) in [6.07, 6.45) is 0.974. The van der Waals surface area contributed by atoms with Gasteiger partial charge in [0.1, 0.15) is 0 Å². The molecule has 1 atom stereocenters. The van der Waals surface area contributed by atoms with E-state index in [1.807, 2.05) is 6.92 Å². The van der Waals surface area contributed by atoms with Crippen molar-refractivity contribution in [3.8, 4) is 0 Å². The predicted octanol–water partition coefficient (Wildman–Crippen LogP) is 2.10. The van der Waals surface area contributed by atoms with Gasteiger partial charge in [-0.2, -0.15) is 0 Å². The Hall–Kier alpha value is -0.770. The van der Waals surface area contributed by atoms with Gasteiger partial charge in [-0.3, -0.25) is 0 Å². The monoisotopic (exact) mass is 230 g/mol. The second-order valence-electron chi connectivity index (χ2n) is 4.70. The average Bonchev–Trinajstić information content (AvgIpc) is 2.17. The largest absolute Gasteiger partial charge is 0.379 e. The van der Waals surface area contributed by atoms with Crippen molar-refractivity contribution in [2.45, 2.75) is 40.2 Å². The van der Waals surface area contributed by atoms with Gasteiger partial charge in [0.25, 0.3) is 0 Å². The Morgan fingerprint density at radius 1 is 1.31 bits per heavy atom. The first-order valence-corrected chi connectivity index (χ1v) is 6.06. The molecule has 16 heavy (non-hydrogen) atoms. The third-order valence-electron chi connectivity index (χ3n) is 2.09. The van der Waals surface area contributed by atoms with E-state index in [0.29, 0.717) is 12.5 Å². The van der Waals surface area contributed by atoms with Gasteiger partial charge >= 0.3 is 6.03 Å². The van der Waals surface area contributed by atoms with E-state index in [0.717, 1.165) is 19.6 Å². The standard InChI is InChI=1S/C12H26N2O2/c1-6-7-14(5)12(15)13-11(4)9-16-8-10(2)3/h10-11H,6-9H2,1-5H3,(H,13,15)/t11-/m1/s1. The van der Waals surface area contributed by atoms with E-state index in [1.165, 1.54) is 0 Å². The fraction of sp³-hybridized carbons (Fsp3) is 0.917. The van der Waals surface area contributed by atoms with Crippen molar-refractivity contribution in [1.29, 1.82) is 0 Å². The summed E-state index contributed by atoms with van der Waals surface area (Å²) in [6, 6.07) is 0.0352. The number of hydrogen-bond donors (Lipinski definition) is 1. The molecule has 0 unspecified atom stereocenters. The van der Waals surface area contributed by atoms with Gasteiger partial charge in [-0.15, -0.1) is 0 Å². The molecule has 0 radical (unpaired) electrons. The maximum atomic E-state index is 11.6. The van der Waals surface area contributed by atoms with Crippen LogP contribution in [0.25, 0.3) is 0 Å². The fourth-order valence-corrected chi connectivity index (χ4v) is 1.28. The van der Waals surface area contributed by atoms with Gasteiger partial charge in [-0.05, 0) is 19.3 Å². The van der Waals surface area contributed by atoms with E-state index in [-0.39, 0.29) is 12.1 Å². The van der Waals surface area contributed by atoms with Crippen LogP contribution in [0.4, 0.5) is 4.79 Å². The number of nitrogens with one attached hydrogen (secondary N) is 1. The normalized spacial score (nSPS) is 12.6. The minimum Gasteiger partial charge on any atom is -0.379 e. The van der Waals surface area contributed by atoms with Crippen molar-refractivity contribution >= 4 is 6.03 Å². The summed E-state index contributed by atoms with van der Waals surface area (Å²) < 4.78 is 5.46. The predicted molar refractivity (Wildman–Crippen MR) is 66.6 cm³/mol. The molecule has 0 aliphatic carbocycles. The molecule has 96 valence electrons. The molecule has 0 spiro atoms. The van der Waals surface area contributed by atoms with Crippen molar-refractivity contribution in [3.63, 3.8) is 0 Å². The lowest BCUT2D eigenvalue weighted by atomic mass is 10.2. The van der Waals surface area contributed by atoms with Crippen LogP contribution in [0, 0.1) is 5.92 Å². The lowest BCUT2D eigenvalue weighted by molar-refractivity contribution is 0.0938. The van der Waals surface area contributed by atoms with Crippen LogP contribution in [0.3, 0.4) is 0 Å². The average molecular weight is 230 g/mol. The molecule has 0 heterocycles. The van der Waals surface area contributed by atoms with E-state index in [4.69, 9.17) is 4.74 Å². The van der Waals surface area contributed by atoms with Gasteiger partial charge in [0.15, 0.2) is 0 Å². The zero-order valence-electron chi connectivity index (χ0n) is 11.2. The van der Waals surface area contributed by atoms with Crippen molar-refractivity contribution in [3.05, 3.63) is 0 Å². The number of urea groups is 1. The number of nitrogens with zero attached hydrogens (tertiary/aromatic N) is 1. The van der Waals surface area contributed by atoms with Crippen LogP contribution < -0.4 is 5.32 Å². The van der Waals surface area contributed by atoms with Gasteiger partial charge in [0, 0.05) is 20.2 Å². The highest BCUT2D eigenvalue weighted by molar-refractivity contribution is 5.74. The number of carbonyl (C=O) groups excluding carboxylic acids is 1. The second-order valence-corrected chi connectivity index (χ2v) is 4.70. The van der Waals surface area contributed by atoms with Crippen molar-refractivity contribution < 1.29 is 9.53 Å². The molecule has 0 aliphatic heterocycles. The molecule has 0 fully saturated rings. The minimum atomic E-state index is -0.0255. The fourth-order valence-electron chi connectivity index (χ4n) is 1.28. The summed E-state index contributed by atoms with van der Waals surface area (Å²) >= 11 is 0. The van der Waals surface area contributed by atoms with E-state index < -0.39 is 0 Å². The number of ether oxygens (including phenoxy) is 1. The van der Waals surface area contributed by atoms with Gasteiger partial charge in [-0.1, -0.05) is 20.8 Å².